The van der Waals surface area contributed by atoms with Gasteiger partial charge in [0.15, 0.2) is 0 Å². The van der Waals surface area contributed by atoms with Crippen molar-refractivity contribution in [2.45, 2.75) is 26.9 Å². The molecule has 7 heteroatoms. The summed E-state index contributed by atoms with van der Waals surface area (Å²) in [5.41, 5.74) is 2.12. The molecule has 2 heterocycles. The Kier molecular flexibility index (Phi) is 6.70. The molecule has 1 fully saturated rings. The van der Waals surface area contributed by atoms with Crippen LogP contribution in [0.25, 0.3) is 5.57 Å². The molecule has 33 heavy (non-hydrogen) atoms. The highest BCUT2D eigenvalue weighted by Crippen LogP contribution is 2.36. The molecule has 2 aromatic carbocycles. The lowest BCUT2D eigenvalue weighted by molar-refractivity contribution is -0.120. The minimum atomic E-state index is -0.319. The third kappa shape index (κ3) is 4.73. The molecule has 4 rings (SSSR count). The van der Waals surface area contributed by atoms with E-state index in [-0.39, 0.29) is 17.9 Å². The van der Waals surface area contributed by atoms with Crippen molar-refractivity contribution in [1.29, 1.82) is 0 Å². The molecule has 0 N–H and O–H groups in total. The molecule has 174 valence electrons. The number of piperazine rings is 1. The van der Waals surface area contributed by atoms with Gasteiger partial charge in [-0.3, -0.25) is 9.59 Å². The highest BCUT2D eigenvalue weighted by Gasteiger charge is 2.43. The Hall–Kier alpha value is -3.32. The van der Waals surface area contributed by atoms with Crippen LogP contribution in [0.3, 0.4) is 0 Å². The lowest BCUT2D eigenvalue weighted by Crippen LogP contribution is -2.46. The summed E-state index contributed by atoms with van der Waals surface area (Å²) in [6.45, 7) is 9.39. The van der Waals surface area contributed by atoms with Gasteiger partial charge < -0.3 is 19.3 Å². The molecular formula is C26H31N3O4. The van der Waals surface area contributed by atoms with E-state index in [0.29, 0.717) is 48.0 Å². The van der Waals surface area contributed by atoms with Gasteiger partial charge in [0.05, 0.1) is 24.0 Å². The molecule has 0 aromatic heterocycles. The zero-order valence-corrected chi connectivity index (χ0v) is 19.7. The number of ether oxygens (including phenoxy) is 2. The maximum absolute atomic E-state index is 13.7. The van der Waals surface area contributed by atoms with E-state index in [2.05, 4.69) is 11.9 Å². The van der Waals surface area contributed by atoms with Crippen LogP contribution in [0.4, 0.5) is 5.69 Å². The first-order valence-corrected chi connectivity index (χ1v) is 11.5. The number of likely N-dealkylation sites (N-methyl/N-ethyl adjacent to an activating group) is 1. The summed E-state index contributed by atoms with van der Waals surface area (Å²) >= 11 is 0. The van der Waals surface area contributed by atoms with Crippen molar-refractivity contribution in [2.75, 3.05) is 44.7 Å². The van der Waals surface area contributed by atoms with Gasteiger partial charge in [-0.1, -0.05) is 18.2 Å². The van der Waals surface area contributed by atoms with Gasteiger partial charge in [0.1, 0.15) is 17.2 Å². The smallest absolute Gasteiger partial charge is 0.282 e. The number of nitrogens with zero attached hydrogens (tertiary/aromatic N) is 3. The Labute approximate surface area is 195 Å². The monoisotopic (exact) mass is 449 g/mol. The van der Waals surface area contributed by atoms with Crippen LogP contribution in [0.5, 0.6) is 11.5 Å². The molecule has 2 aromatic rings. The fraction of sp³-hybridized carbons (Fsp3) is 0.385. The molecule has 2 aliphatic heterocycles. The molecule has 2 amide bonds. The molecule has 0 spiro atoms. The van der Waals surface area contributed by atoms with Crippen molar-refractivity contribution < 1.29 is 19.1 Å². The number of carbonyl (C=O) groups excluding carboxylic acids is 2. The van der Waals surface area contributed by atoms with Crippen LogP contribution < -0.4 is 14.4 Å². The standard InChI is InChI=1S/C26H31N3O4/c1-5-32-22-8-6-7-20(17-22)29-25(30)23(19-9-11-21(12-10-19)33-18(2)3)24(26(29)31)28-15-13-27(4)14-16-28/h6-12,17-18H,5,13-16H2,1-4H3. The lowest BCUT2D eigenvalue weighted by Gasteiger charge is -2.34. The third-order valence-electron chi connectivity index (χ3n) is 5.78. The normalized spacial score (nSPS) is 17.4. The van der Waals surface area contributed by atoms with E-state index in [1.807, 2.05) is 56.0 Å². The van der Waals surface area contributed by atoms with Crippen LogP contribution in [0.15, 0.2) is 54.2 Å². The molecular weight excluding hydrogens is 418 g/mol. The first kappa shape index (κ1) is 22.9. The zero-order valence-electron chi connectivity index (χ0n) is 19.7. The van der Waals surface area contributed by atoms with E-state index >= 15 is 0 Å². The highest BCUT2D eigenvalue weighted by atomic mass is 16.5. The first-order valence-electron chi connectivity index (χ1n) is 11.5. The van der Waals surface area contributed by atoms with Crippen LogP contribution in [0.1, 0.15) is 26.3 Å². The van der Waals surface area contributed by atoms with Crippen molar-refractivity contribution in [3.63, 3.8) is 0 Å². The van der Waals surface area contributed by atoms with Crippen molar-refractivity contribution in [2.24, 2.45) is 0 Å². The summed E-state index contributed by atoms with van der Waals surface area (Å²) in [5, 5.41) is 0. The fourth-order valence-electron chi connectivity index (χ4n) is 4.19. The summed E-state index contributed by atoms with van der Waals surface area (Å²) in [5.74, 6) is 0.740. The largest absolute Gasteiger partial charge is 0.494 e. The summed E-state index contributed by atoms with van der Waals surface area (Å²) in [4.78, 5) is 32.9. The molecule has 0 aliphatic carbocycles. The van der Waals surface area contributed by atoms with Crippen LogP contribution in [-0.2, 0) is 9.59 Å². The first-order chi connectivity index (χ1) is 15.9. The van der Waals surface area contributed by atoms with E-state index in [9.17, 15) is 9.59 Å². The number of carbonyl (C=O) groups is 2. The fourth-order valence-corrected chi connectivity index (χ4v) is 4.19. The maximum atomic E-state index is 13.7. The average Bonchev–Trinajstić information content (AvgIpc) is 3.05. The van der Waals surface area contributed by atoms with Crippen molar-refractivity contribution in [3.05, 3.63) is 59.8 Å². The third-order valence-corrected chi connectivity index (χ3v) is 5.78. The number of amides is 2. The Morgan fingerprint density at radius 3 is 2.24 bits per heavy atom. The van der Waals surface area contributed by atoms with Crippen LogP contribution in [0, 0.1) is 0 Å². The highest BCUT2D eigenvalue weighted by molar-refractivity contribution is 6.45. The van der Waals surface area contributed by atoms with Crippen molar-refractivity contribution in [1.82, 2.24) is 9.80 Å². The van der Waals surface area contributed by atoms with E-state index in [1.165, 1.54) is 4.90 Å². The van der Waals surface area contributed by atoms with Gasteiger partial charge in [-0.15, -0.1) is 0 Å². The van der Waals surface area contributed by atoms with Crippen molar-refractivity contribution in [3.8, 4) is 11.5 Å². The lowest BCUT2D eigenvalue weighted by atomic mass is 10.0. The Balaban J connectivity index is 1.74. The second-order valence-electron chi connectivity index (χ2n) is 8.58. The van der Waals surface area contributed by atoms with Gasteiger partial charge in [-0.25, -0.2) is 4.90 Å². The van der Waals surface area contributed by atoms with Gasteiger partial charge >= 0.3 is 0 Å². The number of imide groups is 1. The molecule has 0 bridgehead atoms. The SMILES string of the molecule is CCOc1cccc(N2C(=O)C(c3ccc(OC(C)C)cc3)=C(N3CCN(C)CC3)C2=O)c1. The van der Waals surface area contributed by atoms with Gasteiger partial charge in [-0.2, -0.15) is 0 Å². The minimum Gasteiger partial charge on any atom is -0.494 e. The number of benzene rings is 2. The van der Waals surface area contributed by atoms with E-state index in [4.69, 9.17) is 9.47 Å². The average molecular weight is 450 g/mol. The topological polar surface area (TPSA) is 62.3 Å². The molecule has 7 nitrogen and oxygen atoms in total. The number of hydrogen-bond acceptors (Lipinski definition) is 6. The summed E-state index contributed by atoms with van der Waals surface area (Å²) in [7, 11) is 2.06. The van der Waals surface area contributed by atoms with Gasteiger partial charge in [-0.05, 0) is 57.6 Å². The number of rotatable bonds is 7. The molecule has 0 unspecified atom stereocenters. The van der Waals surface area contributed by atoms with Crippen molar-refractivity contribution >= 4 is 23.1 Å². The Morgan fingerprint density at radius 2 is 1.61 bits per heavy atom. The van der Waals surface area contributed by atoms with E-state index < -0.39 is 0 Å². The van der Waals surface area contributed by atoms with Gasteiger partial charge in [0.2, 0.25) is 0 Å². The summed E-state index contributed by atoms with van der Waals surface area (Å²) in [6.07, 6.45) is 0.0544. The quantitative estimate of drug-likeness (QED) is 0.604. The summed E-state index contributed by atoms with van der Waals surface area (Å²) in [6, 6.07) is 14.5. The minimum absolute atomic E-state index is 0.0544. The van der Waals surface area contributed by atoms with Crippen LogP contribution in [-0.4, -0.2) is 67.6 Å². The second-order valence-corrected chi connectivity index (χ2v) is 8.58. The van der Waals surface area contributed by atoms with E-state index in [0.717, 1.165) is 18.8 Å². The van der Waals surface area contributed by atoms with Gasteiger partial charge in [0.25, 0.3) is 11.8 Å². The second kappa shape index (κ2) is 9.67. The molecule has 2 aliphatic rings. The zero-order chi connectivity index (χ0) is 23.5. The molecule has 0 radical (unpaired) electrons. The Bertz CT molecular complexity index is 1050. The Morgan fingerprint density at radius 1 is 0.909 bits per heavy atom. The molecule has 0 atom stereocenters. The molecule has 0 saturated carbocycles. The van der Waals surface area contributed by atoms with E-state index in [1.54, 1.807) is 18.2 Å². The van der Waals surface area contributed by atoms with Crippen LogP contribution in [0.2, 0.25) is 0 Å². The van der Waals surface area contributed by atoms with Crippen LogP contribution >= 0.6 is 0 Å². The maximum Gasteiger partial charge on any atom is 0.282 e. The molecule has 1 saturated heterocycles. The number of anilines is 1. The van der Waals surface area contributed by atoms with Gasteiger partial charge in [0, 0.05) is 32.2 Å². The number of hydrogen-bond donors (Lipinski definition) is 0. The summed E-state index contributed by atoms with van der Waals surface area (Å²) < 4.78 is 11.3. The predicted molar refractivity (Wildman–Crippen MR) is 128 cm³/mol. The predicted octanol–water partition coefficient (Wildman–Crippen LogP) is 3.40.